The third kappa shape index (κ3) is 4.29. The van der Waals surface area contributed by atoms with E-state index in [0.29, 0.717) is 24.0 Å². The van der Waals surface area contributed by atoms with Crippen molar-refractivity contribution in [2.45, 2.75) is 64.4 Å². The summed E-state index contributed by atoms with van der Waals surface area (Å²) in [7, 11) is 0. The molecule has 3 aliphatic rings. The zero-order valence-corrected chi connectivity index (χ0v) is 25.7. The van der Waals surface area contributed by atoms with Crippen molar-refractivity contribution in [3.8, 4) is 67.1 Å². The van der Waals surface area contributed by atoms with Gasteiger partial charge in [0.25, 0.3) is 0 Å². The van der Waals surface area contributed by atoms with Crippen molar-refractivity contribution in [3.63, 3.8) is 0 Å². The average molecular weight is 622 g/mol. The van der Waals surface area contributed by atoms with Crippen LogP contribution in [-0.4, -0.2) is 0 Å². The Morgan fingerprint density at radius 2 is 1.17 bits per heavy atom. The molecule has 0 amide bonds. The van der Waals surface area contributed by atoms with Crippen LogP contribution in [0, 0.1) is 13.7 Å². The molecule has 1 heteroatoms. The smallest absolute Gasteiger partial charge is 0.139 e. The van der Waals surface area contributed by atoms with Crippen LogP contribution in [0.4, 0.5) is 0 Å². The lowest BCUT2D eigenvalue weighted by molar-refractivity contribution is 0.419. The van der Waals surface area contributed by atoms with Crippen molar-refractivity contribution in [2.75, 3.05) is 0 Å². The van der Waals surface area contributed by atoms with E-state index in [0.717, 1.165) is 63.4 Å². The lowest BCUT2D eigenvalue weighted by Gasteiger charge is -2.36. The van der Waals surface area contributed by atoms with Gasteiger partial charge in [-0.3, -0.25) is 0 Å². The molecule has 0 atom stereocenters. The quantitative estimate of drug-likeness (QED) is 0.187. The second-order valence-electron chi connectivity index (χ2n) is 12.8. The van der Waals surface area contributed by atoms with Gasteiger partial charge < -0.3 is 4.74 Å². The van der Waals surface area contributed by atoms with Gasteiger partial charge in [0, 0.05) is 39.9 Å². The van der Waals surface area contributed by atoms with Crippen LogP contribution < -0.4 is 4.74 Å². The summed E-state index contributed by atoms with van der Waals surface area (Å²) in [5, 5.41) is 0. The largest absolute Gasteiger partial charge is 0.456 e. The summed E-state index contributed by atoms with van der Waals surface area (Å²) in [4.78, 5) is 0. The van der Waals surface area contributed by atoms with Gasteiger partial charge in [0.15, 0.2) is 0 Å². The van der Waals surface area contributed by atoms with Crippen molar-refractivity contribution < 1.29 is 22.6 Å². The molecular formula is C46H40O. The predicted octanol–water partition coefficient (Wildman–Crippen LogP) is 13.0. The van der Waals surface area contributed by atoms with Crippen molar-refractivity contribution in [1.82, 2.24) is 0 Å². The number of hydrogen-bond donors (Lipinski definition) is 0. The molecule has 6 aromatic rings. The van der Waals surface area contributed by atoms with Crippen LogP contribution in [0.3, 0.4) is 0 Å². The van der Waals surface area contributed by atoms with Crippen LogP contribution in [0.1, 0.15) is 90.9 Å². The summed E-state index contributed by atoms with van der Waals surface area (Å²) in [6.45, 7) is -12.1. The number of benzene rings is 6. The number of hydrogen-bond acceptors (Lipinski definition) is 1. The lowest BCUT2D eigenvalue weighted by Crippen LogP contribution is -2.25. The number of aryl methyl sites for hydroxylation is 2. The molecule has 0 saturated heterocycles. The van der Waals surface area contributed by atoms with Gasteiger partial charge in [0.2, 0.25) is 0 Å². The molecule has 0 unspecified atom stereocenters. The fourth-order valence-electron chi connectivity index (χ4n) is 7.90. The maximum Gasteiger partial charge on any atom is 0.139 e. The van der Waals surface area contributed by atoms with Gasteiger partial charge in [-0.2, -0.15) is 0 Å². The van der Waals surface area contributed by atoms with Crippen LogP contribution in [0.5, 0.6) is 11.5 Å². The van der Waals surface area contributed by atoms with Crippen LogP contribution in [0.2, 0.25) is 0 Å². The lowest BCUT2D eigenvalue weighted by atomic mass is 9.73. The molecule has 1 fully saturated rings. The normalized spacial score (nSPS) is 21.4. The standard InChI is InChI=1S/C46H40O/c1-28-21-23-41-43(25-28)47-45-42(46(41,3)4)24-22-29(2)44(45)40-27-39-36-20-12-10-18-34(36)32-16-8-7-15-31(32)33-17-9-11-19-35(33)38(39)26-37(40)30-13-5-6-14-30/h7-12,15-27,30H,5-6,13-14H2,1-4H3/i1D3,2D3,3D3,4D3,30D. The van der Waals surface area contributed by atoms with Gasteiger partial charge in [-0.15, -0.1) is 0 Å². The van der Waals surface area contributed by atoms with E-state index in [4.69, 9.17) is 21.2 Å². The Labute approximate surface area is 297 Å². The SMILES string of the molecule is [2H]C([2H])([2H])c1ccc2c(c1)Oc1c(ccc(C([2H])([2H])[2H])c1-c1cc3c(cc1C1([2H])CCCC1)-c1ccccc1-c1ccccc1-c1ccccc1-3)C2(C([2H])([2H])[2H])C([2H])([2H])[2H]. The minimum absolute atomic E-state index is 0.0557. The van der Waals surface area contributed by atoms with Gasteiger partial charge in [-0.1, -0.05) is 124 Å². The molecule has 0 N–H and O–H groups in total. The molecule has 47 heavy (non-hydrogen) atoms. The van der Waals surface area contributed by atoms with Gasteiger partial charge >= 0.3 is 0 Å². The molecule has 0 bridgehead atoms. The Hall–Kier alpha value is -4.88. The van der Waals surface area contributed by atoms with Crippen molar-refractivity contribution in [3.05, 3.63) is 143 Å². The van der Waals surface area contributed by atoms with E-state index in [-0.39, 0.29) is 39.3 Å². The highest BCUT2D eigenvalue weighted by atomic mass is 16.5. The second-order valence-corrected chi connectivity index (χ2v) is 12.8. The Morgan fingerprint density at radius 1 is 0.596 bits per heavy atom. The molecule has 230 valence electrons. The molecule has 0 spiro atoms. The predicted molar refractivity (Wildman–Crippen MR) is 197 cm³/mol. The fourth-order valence-corrected chi connectivity index (χ4v) is 7.90. The number of rotatable bonds is 2. The maximum absolute atomic E-state index is 10.1. The summed E-state index contributed by atoms with van der Waals surface area (Å²) in [6, 6.07) is 33.9. The van der Waals surface area contributed by atoms with Gasteiger partial charge in [0.1, 0.15) is 11.5 Å². The molecule has 9 rings (SSSR count). The first-order valence-corrected chi connectivity index (χ1v) is 16.2. The monoisotopic (exact) mass is 621 g/mol. The Balaban J connectivity index is 1.47. The van der Waals surface area contributed by atoms with E-state index >= 15 is 0 Å². The van der Waals surface area contributed by atoms with Crippen LogP contribution >= 0.6 is 0 Å². The number of fused-ring (bicyclic) bond motifs is 10. The van der Waals surface area contributed by atoms with Gasteiger partial charge in [-0.25, -0.2) is 0 Å². The van der Waals surface area contributed by atoms with Gasteiger partial charge in [-0.05, 0) is 117 Å². The average Bonchev–Trinajstić information content (AvgIpc) is 3.63. The highest BCUT2D eigenvalue weighted by molar-refractivity contribution is 6.04. The summed E-state index contributed by atoms with van der Waals surface area (Å²) in [5.74, 6) is -1.84. The molecule has 2 aliphatic carbocycles. The third-order valence-electron chi connectivity index (χ3n) is 10.1. The molecule has 0 radical (unpaired) electrons. The maximum atomic E-state index is 10.1. The van der Waals surface area contributed by atoms with Gasteiger partial charge in [0.05, 0.1) is 0 Å². The van der Waals surface area contributed by atoms with E-state index in [9.17, 15) is 1.37 Å². The highest BCUT2D eigenvalue weighted by Crippen LogP contribution is 2.56. The summed E-state index contributed by atoms with van der Waals surface area (Å²) >= 11 is 0. The van der Waals surface area contributed by atoms with E-state index in [2.05, 4.69) is 18.2 Å². The minimum atomic E-state index is -3.28. The van der Waals surface area contributed by atoms with E-state index in [1.54, 1.807) is 0 Å². The van der Waals surface area contributed by atoms with E-state index < -0.39 is 38.7 Å². The van der Waals surface area contributed by atoms with E-state index in [1.807, 2.05) is 66.7 Å². The molecule has 1 aliphatic heterocycles. The zero-order valence-electron chi connectivity index (χ0n) is 38.7. The topological polar surface area (TPSA) is 9.23 Å². The molecule has 6 aromatic carbocycles. The summed E-state index contributed by atoms with van der Waals surface area (Å²) in [5.41, 5.74) is 4.17. The van der Waals surface area contributed by atoms with Crippen molar-refractivity contribution >= 4 is 0 Å². The van der Waals surface area contributed by atoms with E-state index in [1.165, 1.54) is 24.3 Å². The Kier molecular flexibility index (Phi) is 4.02. The highest BCUT2D eigenvalue weighted by Gasteiger charge is 2.37. The molecule has 1 nitrogen and oxygen atoms in total. The Bertz CT molecular complexity index is 2700. The van der Waals surface area contributed by atoms with Crippen LogP contribution in [-0.2, 0) is 5.41 Å². The van der Waals surface area contributed by atoms with Crippen LogP contribution in [0.15, 0.2) is 115 Å². The first-order chi connectivity index (χ1) is 28.2. The molecule has 1 heterocycles. The first-order valence-electron chi connectivity index (χ1n) is 22.7. The zero-order chi connectivity index (χ0) is 42.8. The Morgan fingerprint density at radius 3 is 1.74 bits per heavy atom. The summed E-state index contributed by atoms with van der Waals surface area (Å²) in [6.07, 6.45) is 2.40. The van der Waals surface area contributed by atoms with Crippen molar-refractivity contribution in [1.29, 1.82) is 0 Å². The minimum Gasteiger partial charge on any atom is -0.456 e. The molecule has 1 saturated carbocycles. The van der Waals surface area contributed by atoms with Crippen LogP contribution in [0.25, 0.3) is 55.6 Å². The molecular weight excluding hydrogens is 569 g/mol. The molecule has 0 aromatic heterocycles. The fraction of sp³-hybridized carbons (Fsp3) is 0.217. The first kappa shape index (κ1) is 17.9. The van der Waals surface area contributed by atoms with Crippen molar-refractivity contribution in [2.24, 2.45) is 0 Å². The summed E-state index contributed by atoms with van der Waals surface area (Å²) < 4.78 is 122. The third-order valence-corrected chi connectivity index (χ3v) is 10.1. The number of ether oxygens (including phenoxy) is 1. The second kappa shape index (κ2) is 10.6.